The summed E-state index contributed by atoms with van der Waals surface area (Å²) in [5.41, 5.74) is 2.18. The topological polar surface area (TPSA) is 62.5 Å². The van der Waals surface area contributed by atoms with Crippen molar-refractivity contribution in [2.75, 3.05) is 26.2 Å². The van der Waals surface area contributed by atoms with E-state index in [0.29, 0.717) is 30.1 Å². The van der Waals surface area contributed by atoms with Gasteiger partial charge in [-0.1, -0.05) is 47.8 Å². The molecule has 6 nitrogen and oxygen atoms in total. The summed E-state index contributed by atoms with van der Waals surface area (Å²) in [5.74, 6) is 2.22. The standard InChI is InChI=1S/C21H28N4O2/c1-16-6-8-18(9-7-16)21-22-19(27-23-21)15-24-10-12-25(13-11-24)20(26)14-17-4-2-3-5-17/h6-9,17H,2-5,10-15H2,1H3. The van der Waals surface area contributed by atoms with Crippen molar-refractivity contribution in [3.63, 3.8) is 0 Å². The molecular weight excluding hydrogens is 340 g/mol. The molecule has 1 aromatic carbocycles. The molecule has 1 aliphatic heterocycles. The van der Waals surface area contributed by atoms with Gasteiger partial charge < -0.3 is 9.42 Å². The summed E-state index contributed by atoms with van der Waals surface area (Å²) in [6.07, 6.45) is 5.78. The third kappa shape index (κ3) is 4.56. The first kappa shape index (κ1) is 18.2. The van der Waals surface area contributed by atoms with Crippen LogP contribution in [0.3, 0.4) is 0 Å². The highest BCUT2D eigenvalue weighted by atomic mass is 16.5. The molecule has 1 saturated heterocycles. The van der Waals surface area contributed by atoms with Gasteiger partial charge >= 0.3 is 0 Å². The van der Waals surface area contributed by atoms with Gasteiger partial charge in [-0.2, -0.15) is 4.98 Å². The predicted octanol–water partition coefficient (Wildman–Crippen LogP) is 3.27. The highest BCUT2D eigenvalue weighted by Crippen LogP contribution is 2.28. The third-order valence-electron chi connectivity index (χ3n) is 5.80. The molecular formula is C21H28N4O2. The molecule has 0 N–H and O–H groups in total. The number of nitrogens with zero attached hydrogens (tertiary/aromatic N) is 4. The molecule has 2 aliphatic rings. The van der Waals surface area contributed by atoms with Crippen LogP contribution in [-0.2, 0) is 11.3 Å². The molecule has 2 fully saturated rings. The highest BCUT2D eigenvalue weighted by molar-refractivity contribution is 5.76. The van der Waals surface area contributed by atoms with Crippen molar-refractivity contribution in [3.05, 3.63) is 35.7 Å². The maximum absolute atomic E-state index is 12.5. The van der Waals surface area contributed by atoms with Crippen LogP contribution >= 0.6 is 0 Å². The van der Waals surface area contributed by atoms with E-state index in [1.807, 2.05) is 29.2 Å². The van der Waals surface area contributed by atoms with Gasteiger partial charge in [0.1, 0.15) is 0 Å². The van der Waals surface area contributed by atoms with Crippen LogP contribution in [0.4, 0.5) is 0 Å². The molecule has 1 aliphatic carbocycles. The first-order chi connectivity index (χ1) is 13.2. The predicted molar refractivity (Wildman–Crippen MR) is 103 cm³/mol. The number of aromatic nitrogens is 2. The van der Waals surface area contributed by atoms with Gasteiger partial charge in [-0.15, -0.1) is 0 Å². The van der Waals surface area contributed by atoms with Crippen LogP contribution in [0.2, 0.25) is 0 Å². The van der Waals surface area contributed by atoms with Crippen molar-refractivity contribution in [1.82, 2.24) is 19.9 Å². The average Bonchev–Trinajstić information content (AvgIpc) is 3.35. The molecule has 0 radical (unpaired) electrons. The maximum Gasteiger partial charge on any atom is 0.241 e. The molecule has 144 valence electrons. The second-order valence-corrected chi connectivity index (χ2v) is 7.89. The lowest BCUT2D eigenvalue weighted by atomic mass is 10.0. The molecule has 2 heterocycles. The van der Waals surface area contributed by atoms with Crippen molar-refractivity contribution < 1.29 is 9.32 Å². The smallest absolute Gasteiger partial charge is 0.241 e. The van der Waals surface area contributed by atoms with Crippen LogP contribution in [0.25, 0.3) is 11.4 Å². The average molecular weight is 368 g/mol. The lowest BCUT2D eigenvalue weighted by molar-refractivity contribution is -0.134. The monoisotopic (exact) mass is 368 g/mol. The molecule has 27 heavy (non-hydrogen) atoms. The number of aryl methyl sites for hydroxylation is 1. The quantitative estimate of drug-likeness (QED) is 0.810. The van der Waals surface area contributed by atoms with Crippen molar-refractivity contribution >= 4 is 5.91 Å². The van der Waals surface area contributed by atoms with Crippen LogP contribution in [0.5, 0.6) is 0 Å². The van der Waals surface area contributed by atoms with E-state index in [1.54, 1.807) is 0 Å². The van der Waals surface area contributed by atoms with Crippen LogP contribution in [0, 0.1) is 12.8 Å². The first-order valence-corrected chi connectivity index (χ1v) is 10.1. The minimum atomic E-state index is 0.334. The Morgan fingerprint density at radius 2 is 1.81 bits per heavy atom. The van der Waals surface area contributed by atoms with Crippen LogP contribution in [-0.4, -0.2) is 52.0 Å². The largest absolute Gasteiger partial charge is 0.340 e. The second-order valence-electron chi connectivity index (χ2n) is 7.89. The minimum absolute atomic E-state index is 0.334. The first-order valence-electron chi connectivity index (χ1n) is 10.1. The van der Waals surface area contributed by atoms with Gasteiger partial charge in [0.05, 0.1) is 6.54 Å². The van der Waals surface area contributed by atoms with Gasteiger partial charge in [0, 0.05) is 38.2 Å². The van der Waals surface area contributed by atoms with Gasteiger partial charge in [0.15, 0.2) is 0 Å². The fraction of sp³-hybridized carbons (Fsp3) is 0.571. The number of carbonyl (C=O) groups excluding carboxylic acids is 1. The Morgan fingerprint density at radius 3 is 2.52 bits per heavy atom. The lowest BCUT2D eigenvalue weighted by Crippen LogP contribution is -2.48. The van der Waals surface area contributed by atoms with Gasteiger partial charge in [-0.05, 0) is 25.7 Å². The summed E-state index contributed by atoms with van der Waals surface area (Å²) in [5, 5.41) is 4.10. The second kappa shape index (κ2) is 8.21. The molecule has 2 aromatic rings. The Kier molecular flexibility index (Phi) is 5.53. The zero-order valence-corrected chi connectivity index (χ0v) is 16.1. The fourth-order valence-corrected chi connectivity index (χ4v) is 4.08. The Balaban J connectivity index is 1.27. The molecule has 0 atom stereocenters. The Bertz CT molecular complexity index is 757. The van der Waals surface area contributed by atoms with Gasteiger partial charge in [-0.25, -0.2) is 0 Å². The van der Waals surface area contributed by atoms with E-state index < -0.39 is 0 Å². The molecule has 1 saturated carbocycles. The SMILES string of the molecule is Cc1ccc(-c2noc(CN3CCN(C(=O)CC4CCCC4)CC3)n2)cc1. The molecule has 0 spiro atoms. The Morgan fingerprint density at radius 1 is 1.11 bits per heavy atom. The normalized spacial score (nSPS) is 18.9. The van der Waals surface area contributed by atoms with Gasteiger partial charge in [0.25, 0.3) is 0 Å². The van der Waals surface area contributed by atoms with E-state index in [0.717, 1.165) is 38.2 Å². The van der Waals surface area contributed by atoms with Crippen molar-refractivity contribution in [2.45, 2.75) is 45.6 Å². The summed E-state index contributed by atoms with van der Waals surface area (Å²) in [7, 11) is 0. The molecule has 6 heteroatoms. The van der Waals surface area contributed by atoms with Crippen molar-refractivity contribution in [2.24, 2.45) is 5.92 Å². The fourth-order valence-electron chi connectivity index (χ4n) is 4.08. The highest BCUT2D eigenvalue weighted by Gasteiger charge is 2.25. The summed E-state index contributed by atoms with van der Waals surface area (Å²) in [4.78, 5) is 21.3. The van der Waals surface area contributed by atoms with Crippen LogP contribution < -0.4 is 0 Å². The summed E-state index contributed by atoms with van der Waals surface area (Å²) in [6, 6.07) is 8.12. The maximum atomic E-state index is 12.5. The number of benzene rings is 1. The number of carbonyl (C=O) groups is 1. The third-order valence-corrected chi connectivity index (χ3v) is 5.80. The molecule has 0 bridgehead atoms. The number of hydrogen-bond acceptors (Lipinski definition) is 5. The van der Waals surface area contributed by atoms with E-state index in [-0.39, 0.29) is 0 Å². The number of rotatable bonds is 5. The zero-order chi connectivity index (χ0) is 18.6. The lowest BCUT2D eigenvalue weighted by Gasteiger charge is -2.34. The number of amides is 1. The van der Waals surface area contributed by atoms with E-state index in [1.165, 1.54) is 31.2 Å². The summed E-state index contributed by atoms with van der Waals surface area (Å²) in [6.45, 7) is 6.01. The summed E-state index contributed by atoms with van der Waals surface area (Å²) < 4.78 is 5.43. The summed E-state index contributed by atoms with van der Waals surface area (Å²) >= 11 is 0. The minimum Gasteiger partial charge on any atom is -0.340 e. The van der Waals surface area contributed by atoms with Crippen LogP contribution in [0.15, 0.2) is 28.8 Å². The van der Waals surface area contributed by atoms with Crippen molar-refractivity contribution in [3.8, 4) is 11.4 Å². The molecule has 4 rings (SSSR count). The van der Waals surface area contributed by atoms with Gasteiger partial charge in [0.2, 0.25) is 17.6 Å². The van der Waals surface area contributed by atoms with Crippen LogP contribution in [0.1, 0.15) is 43.6 Å². The molecule has 1 amide bonds. The number of piperazine rings is 1. The molecule has 1 aromatic heterocycles. The van der Waals surface area contributed by atoms with E-state index in [9.17, 15) is 4.79 Å². The van der Waals surface area contributed by atoms with E-state index in [4.69, 9.17) is 4.52 Å². The Hall–Kier alpha value is -2.21. The Labute approximate surface area is 160 Å². The van der Waals surface area contributed by atoms with Gasteiger partial charge in [-0.3, -0.25) is 9.69 Å². The van der Waals surface area contributed by atoms with Crippen molar-refractivity contribution in [1.29, 1.82) is 0 Å². The zero-order valence-electron chi connectivity index (χ0n) is 16.1. The number of hydrogen-bond donors (Lipinski definition) is 0. The molecule has 0 unspecified atom stereocenters. The van der Waals surface area contributed by atoms with E-state index >= 15 is 0 Å². The van der Waals surface area contributed by atoms with E-state index in [2.05, 4.69) is 22.0 Å².